The monoisotopic (exact) mass is 449 g/mol. The minimum absolute atomic E-state index is 0.0241. The van der Waals surface area contributed by atoms with Crippen LogP contribution in [-0.2, 0) is 8.53 Å². The van der Waals surface area contributed by atoms with Gasteiger partial charge in [-0.15, -0.1) is 0 Å². The number of hydrogen-bond donors (Lipinski definition) is 1. The second kappa shape index (κ2) is 7.79. The molecule has 0 aliphatic heterocycles. The molecule has 0 aliphatic rings. The summed E-state index contributed by atoms with van der Waals surface area (Å²) >= 11 is 1.59. The molecule has 23 heavy (non-hydrogen) atoms. The molecule has 2 aromatic rings. The SMILES string of the molecule is C/C(=N\[S+]([O-])I)c1cc(NC(=O)c2ccc(F)cn2)ccc1F. The van der Waals surface area contributed by atoms with Crippen LogP contribution >= 0.6 is 21.2 Å². The summed E-state index contributed by atoms with van der Waals surface area (Å²) < 4.78 is 41.5. The van der Waals surface area contributed by atoms with Crippen molar-refractivity contribution >= 4 is 47.0 Å². The summed E-state index contributed by atoms with van der Waals surface area (Å²) in [7, 11) is -1.50. The van der Waals surface area contributed by atoms with Crippen molar-refractivity contribution in [2.45, 2.75) is 6.92 Å². The molecular weight excluding hydrogens is 439 g/mol. The first kappa shape index (κ1) is 17.8. The summed E-state index contributed by atoms with van der Waals surface area (Å²) in [6.07, 6.45) is 0.928. The van der Waals surface area contributed by atoms with Crippen molar-refractivity contribution in [3.8, 4) is 0 Å². The third-order valence-corrected chi connectivity index (χ3v) is 3.79. The van der Waals surface area contributed by atoms with Crippen LogP contribution in [0, 0.1) is 11.6 Å². The summed E-state index contributed by atoms with van der Waals surface area (Å²) in [6.45, 7) is 1.52. The molecule has 0 fully saturated rings. The minimum atomic E-state index is -1.50. The fourth-order valence-corrected chi connectivity index (χ4v) is 2.94. The highest BCUT2D eigenvalue weighted by Crippen LogP contribution is 2.18. The summed E-state index contributed by atoms with van der Waals surface area (Å²) in [4.78, 5) is 15.7. The first-order valence-corrected chi connectivity index (χ1v) is 9.88. The number of aromatic nitrogens is 1. The van der Waals surface area contributed by atoms with Gasteiger partial charge in [0.25, 0.3) is 27.1 Å². The zero-order chi connectivity index (χ0) is 17.0. The number of amides is 1. The van der Waals surface area contributed by atoms with Gasteiger partial charge in [-0.05, 0) is 37.3 Å². The number of carbonyl (C=O) groups excluding carboxylic acids is 1. The average Bonchev–Trinajstić information content (AvgIpc) is 2.49. The molecule has 0 bridgehead atoms. The fraction of sp³-hybridized carbons (Fsp3) is 0.0714. The predicted octanol–water partition coefficient (Wildman–Crippen LogP) is 3.43. The third-order valence-electron chi connectivity index (χ3n) is 2.78. The van der Waals surface area contributed by atoms with Crippen molar-refractivity contribution in [3.63, 3.8) is 0 Å². The Morgan fingerprint density at radius 2 is 2.09 bits per heavy atom. The number of hydrogen-bond acceptors (Lipinski definition) is 4. The average molecular weight is 449 g/mol. The van der Waals surface area contributed by atoms with Crippen LogP contribution in [0.25, 0.3) is 0 Å². The Labute approximate surface area is 146 Å². The van der Waals surface area contributed by atoms with Gasteiger partial charge in [0, 0.05) is 11.3 Å². The van der Waals surface area contributed by atoms with Crippen LogP contribution in [0.2, 0.25) is 0 Å². The van der Waals surface area contributed by atoms with E-state index in [0.29, 0.717) is 5.69 Å². The van der Waals surface area contributed by atoms with E-state index in [1.807, 2.05) is 0 Å². The van der Waals surface area contributed by atoms with Crippen LogP contribution < -0.4 is 5.32 Å². The fourth-order valence-electron chi connectivity index (χ4n) is 1.74. The Balaban J connectivity index is 2.24. The highest BCUT2D eigenvalue weighted by atomic mass is 127. The lowest BCUT2D eigenvalue weighted by Gasteiger charge is -2.08. The summed E-state index contributed by atoms with van der Waals surface area (Å²) in [5.74, 6) is -1.66. The lowest BCUT2D eigenvalue weighted by molar-refractivity contribution is 0.102. The van der Waals surface area contributed by atoms with Gasteiger partial charge in [0.15, 0.2) is 8.53 Å². The number of rotatable bonds is 4. The highest BCUT2D eigenvalue weighted by molar-refractivity contribution is 14.2. The Hall–Kier alpha value is -1.59. The van der Waals surface area contributed by atoms with Gasteiger partial charge >= 0.3 is 0 Å². The van der Waals surface area contributed by atoms with Crippen LogP contribution in [0.15, 0.2) is 40.9 Å². The van der Waals surface area contributed by atoms with Crippen LogP contribution in [0.3, 0.4) is 0 Å². The van der Waals surface area contributed by atoms with E-state index in [4.69, 9.17) is 0 Å². The second-order valence-electron chi connectivity index (χ2n) is 4.39. The van der Waals surface area contributed by atoms with Crippen molar-refractivity contribution in [2.75, 3.05) is 5.32 Å². The summed E-state index contributed by atoms with van der Waals surface area (Å²) in [6, 6.07) is 6.26. The van der Waals surface area contributed by atoms with Crippen molar-refractivity contribution in [3.05, 3.63) is 59.4 Å². The van der Waals surface area contributed by atoms with E-state index in [1.165, 1.54) is 25.1 Å². The molecule has 1 N–H and O–H groups in total. The molecule has 9 heteroatoms. The standard InChI is InChI=1S/C14H10F2IN3O2S/c1-8(20-23(17)22)11-6-10(3-4-12(11)16)19-14(21)13-5-2-9(15)7-18-13/h2-7H,1H3,(H,19,21)/b20-8+. The van der Waals surface area contributed by atoms with Crippen molar-refractivity contribution < 1.29 is 18.1 Å². The van der Waals surface area contributed by atoms with E-state index in [2.05, 4.69) is 14.7 Å². The van der Waals surface area contributed by atoms with Gasteiger partial charge in [0.05, 0.1) is 11.9 Å². The summed E-state index contributed by atoms with van der Waals surface area (Å²) in [5.41, 5.74) is 0.702. The van der Waals surface area contributed by atoms with Gasteiger partial charge in [-0.3, -0.25) is 4.79 Å². The number of nitrogens with one attached hydrogen (secondary N) is 1. The molecular formula is C14H10F2IN3O2S. The van der Waals surface area contributed by atoms with E-state index >= 15 is 0 Å². The van der Waals surface area contributed by atoms with Crippen molar-refractivity contribution in [2.24, 2.45) is 4.40 Å². The zero-order valence-corrected chi connectivity index (χ0v) is 14.7. The van der Waals surface area contributed by atoms with E-state index in [1.54, 1.807) is 21.2 Å². The minimum Gasteiger partial charge on any atom is -0.583 e. The normalized spacial score (nSPS) is 12.8. The zero-order valence-electron chi connectivity index (χ0n) is 11.7. The van der Waals surface area contributed by atoms with Crippen molar-refractivity contribution in [1.82, 2.24) is 4.98 Å². The number of carbonyl (C=O) groups is 1. The molecule has 0 saturated heterocycles. The molecule has 1 atom stereocenters. The number of anilines is 1. The maximum Gasteiger partial charge on any atom is 0.283 e. The molecule has 0 saturated carbocycles. The van der Waals surface area contributed by atoms with E-state index in [-0.39, 0.29) is 17.0 Å². The van der Waals surface area contributed by atoms with E-state index in [0.717, 1.165) is 18.3 Å². The molecule has 0 spiro atoms. The predicted molar refractivity (Wildman–Crippen MR) is 92.9 cm³/mol. The third kappa shape index (κ3) is 4.94. The first-order chi connectivity index (χ1) is 10.9. The molecule has 1 amide bonds. The molecule has 1 aromatic heterocycles. The quantitative estimate of drug-likeness (QED) is 0.442. The Kier molecular flexibility index (Phi) is 6.02. The van der Waals surface area contributed by atoms with Gasteiger partial charge in [0.1, 0.15) is 17.3 Å². The smallest absolute Gasteiger partial charge is 0.283 e. The molecule has 1 unspecified atom stereocenters. The number of benzene rings is 1. The maximum atomic E-state index is 13.8. The molecule has 1 heterocycles. The second-order valence-corrected chi connectivity index (χ2v) is 7.25. The Morgan fingerprint density at radius 3 is 2.70 bits per heavy atom. The van der Waals surface area contributed by atoms with Gasteiger partial charge in [-0.1, -0.05) is 4.40 Å². The van der Waals surface area contributed by atoms with Gasteiger partial charge in [-0.25, -0.2) is 13.8 Å². The van der Waals surface area contributed by atoms with Gasteiger partial charge in [0.2, 0.25) is 0 Å². The van der Waals surface area contributed by atoms with E-state index < -0.39 is 26.1 Å². The van der Waals surface area contributed by atoms with Crippen LogP contribution in [0.5, 0.6) is 0 Å². The molecule has 120 valence electrons. The molecule has 0 radical (unpaired) electrons. The van der Waals surface area contributed by atoms with E-state index in [9.17, 15) is 18.1 Å². The largest absolute Gasteiger partial charge is 0.583 e. The number of pyridine rings is 1. The van der Waals surface area contributed by atoms with Crippen LogP contribution in [-0.4, -0.2) is 21.2 Å². The highest BCUT2D eigenvalue weighted by Gasteiger charge is 2.13. The van der Waals surface area contributed by atoms with Crippen LogP contribution in [0.4, 0.5) is 14.5 Å². The first-order valence-electron chi connectivity index (χ1n) is 6.23. The maximum absolute atomic E-state index is 13.8. The molecule has 2 rings (SSSR count). The topological polar surface area (TPSA) is 77.4 Å². The number of halogens is 3. The summed E-state index contributed by atoms with van der Waals surface area (Å²) in [5, 5.41) is 2.53. The lowest BCUT2D eigenvalue weighted by Crippen LogP contribution is -2.14. The molecule has 0 aliphatic carbocycles. The Morgan fingerprint density at radius 1 is 1.35 bits per heavy atom. The Bertz CT molecular complexity index is 754. The lowest BCUT2D eigenvalue weighted by atomic mass is 10.1. The van der Waals surface area contributed by atoms with Crippen molar-refractivity contribution in [1.29, 1.82) is 0 Å². The number of nitrogens with zero attached hydrogens (tertiary/aromatic N) is 2. The van der Waals surface area contributed by atoms with Gasteiger partial charge in [-0.2, -0.15) is 0 Å². The molecule has 1 aromatic carbocycles. The molecule has 5 nitrogen and oxygen atoms in total. The van der Waals surface area contributed by atoms with Gasteiger partial charge < -0.3 is 9.87 Å². The van der Waals surface area contributed by atoms with Crippen LogP contribution in [0.1, 0.15) is 23.0 Å².